The molecule has 0 atom stereocenters. The van der Waals surface area contributed by atoms with Crippen molar-refractivity contribution < 1.29 is 9.47 Å². The predicted molar refractivity (Wildman–Crippen MR) is 65.9 cm³/mol. The summed E-state index contributed by atoms with van der Waals surface area (Å²) in [6, 6.07) is 5.96. The van der Waals surface area contributed by atoms with E-state index in [0.29, 0.717) is 19.8 Å². The summed E-state index contributed by atoms with van der Waals surface area (Å²) in [6.45, 7) is 3.62. The van der Waals surface area contributed by atoms with Gasteiger partial charge in [0.1, 0.15) is 12.4 Å². The Labute approximate surface area is 96.8 Å². The highest BCUT2D eigenvalue weighted by Crippen LogP contribution is 2.25. The third kappa shape index (κ3) is 3.84. The maximum atomic E-state index is 5.60. The van der Waals surface area contributed by atoms with E-state index in [-0.39, 0.29) is 0 Å². The van der Waals surface area contributed by atoms with Gasteiger partial charge >= 0.3 is 0 Å². The Balaban J connectivity index is 2.69. The molecule has 0 unspecified atom stereocenters. The van der Waals surface area contributed by atoms with Crippen molar-refractivity contribution in [3.8, 4) is 18.1 Å². The summed E-state index contributed by atoms with van der Waals surface area (Å²) in [5.74, 6) is 3.35. The smallest absolute Gasteiger partial charge is 0.142 e. The quantitative estimate of drug-likeness (QED) is 0.587. The van der Waals surface area contributed by atoms with Gasteiger partial charge in [0.15, 0.2) is 0 Å². The first-order valence-electron chi connectivity index (χ1n) is 5.17. The van der Waals surface area contributed by atoms with Crippen LogP contribution in [0.1, 0.15) is 5.56 Å². The summed E-state index contributed by atoms with van der Waals surface area (Å²) in [5.41, 5.74) is 2.07. The van der Waals surface area contributed by atoms with Gasteiger partial charge in [0, 0.05) is 7.11 Å². The molecule has 16 heavy (non-hydrogen) atoms. The van der Waals surface area contributed by atoms with Gasteiger partial charge < -0.3 is 14.8 Å². The number of nitrogens with one attached hydrogen (secondary N) is 1. The van der Waals surface area contributed by atoms with Gasteiger partial charge in [-0.15, -0.1) is 6.42 Å². The normalized spacial score (nSPS) is 9.56. The minimum absolute atomic E-state index is 0.490. The van der Waals surface area contributed by atoms with Gasteiger partial charge in [-0.25, -0.2) is 0 Å². The van der Waals surface area contributed by atoms with Crippen LogP contribution in [0.5, 0.6) is 5.75 Å². The van der Waals surface area contributed by atoms with E-state index in [1.54, 1.807) is 7.11 Å². The first kappa shape index (κ1) is 12.4. The van der Waals surface area contributed by atoms with Crippen molar-refractivity contribution in [1.29, 1.82) is 0 Å². The lowest BCUT2D eigenvalue weighted by Gasteiger charge is -2.12. The molecule has 0 radical (unpaired) electrons. The van der Waals surface area contributed by atoms with Crippen molar-refractivity contribution in [2.75, 3.05) is 32.2 Å². The largest absolute Gasteiger partial charge is 0.489 e. The molecule has 1 rings (SSSR count). The third-order valence-corrected chi connectivity index (χ3v) is 2.06. The van der Waals surface area contributed by atoms with Crippen LogP contribution in [0, 0.1) is 19.3 Å². The molecule has 1 aromatic carbocycles. The number of methoxy groups -OCH3 is 1. The van der Waals surface area contributed by atoms with E-state index in [9.17, 15) is 0 Å². The fraction of sp³-hybridized carbons (Fsp3) is 0.385. The molecule has 0 aliphatic rings. The number of terminal acetylenes is 1. The lowest BCUT2D eigenvalue weighted by Crippen LogP contribution is -2.07. The molecular formula is C13H17NO2. The monoisotopic (exact) mass is 219 g/mol. The maximum Gasteiger partial charge on any atom is 0.142 e. The van der Waals surface area contributed by atoms with E-state index in [1.165, 1.54) is 0 Å². The third-order valence-electron chi connectivity index (χ3n) is 2.06. The molecule has 0 saturated heterocycles. The fourth-order valence-corrected chi connectivity index (χ4v) is 1.28. The SMILES string of the molecule is C#CCNc1ccc(C)cc1OCCOC. The molecule has 0 aromatic heterocycles. The van der Waals surface area contributed by atoms with Gasteiger partial charge in [-0.3, -0.25) is 0 Å². The van der Waals surface area contributed by atoms with Crippen molar-refractivity contribution in [3.63, 3.8) is 0 Å². The fourth-order valence-electron chi connectivity index (χ4n) is 1.28. The van der Waals surface area contributed by atoms with Crippen molar-refractivity contribution in [3.05, 3.63) is 23.8 Å². The minimum atomic E-state index is 0.490. The molecule has 3 nitrogen and oxygen atoms in total. The van der Waals surface area contributed by atoms with Crippen molar-refractivity contribution in [2.24, 2.45) is 0 Å². The number of aryl methyl sites for hydroxylation is 1. The zero-order valence-electron chi connectivity index (χ0n) is 9.75. The zero-order chi connectivity index (χ0) is 11.8. The number of hydrogen-bond acceptors (Lipinski definition) is 3. The Hall–Kier alpha value is -1.66. The summed E-state index contributed by atoms with van der Waals surface area (Å²) in [7, 11) is 1.65. The van der Waals surface area contributed by atoms with Crippen LogP contribution in [0.4, 0.5) is 5.69 Å². The van der Waals surface area contributed by atoms with Gasteiger partial charge in [-0.1, -0.05) is 12.0 Å². The van der Waals surface area contributed by atoms with Crippen LogP contribution in [0.15, 0.2) is 18.2 Å². The van der Waals surface area contributed by atoms with Gasteiger partial charge in [0.25, 0.3) is 0 Å². The second-order valence-corrected chi connectivity index (χ2v) is 3.40. The highest BCUT2D eigenvalue weighted by atomic mass is 16.5. The molecule has 1 aromatic rings. The number of anilines is 1. The van der Waals surface area contributed by atoms with Crippen LogP contribution in [0.2, 0.25) is 0 Å². The molecule has 0 aliphatic carbocycles. The lowest BCUT2D eigenvalue weighted by molar-refractivity contribution is 0.146. The van der Waals surface area contributed by atoms with Crippen LogP contribution < -0.4 is 10.1 Å². The molecule has 0 bridgehead atoms. The predicted octanol–water partition coefficient (Wildman–Crippen LogP) is 2.07. The summed E-state index contributed by atoms with van der Waals surface area (Å²) < 4.78 is 10.5. The van der Waals surface area contributed by atoms with Crippen molar-refractivity contribution >= 4 is 5.69 Å². The summed E-state index contributed by atoms with van der Waals surface area (Å²) in [5, 5.41) is 3.12. The molecule has 0 spiro atoms. The molecule has 0 saturated carbocycles. The highest BCUT2D eigenvalue weighted by molar-refractivity contribution is 5.58. The van der Waals surface area contributed by atoms with Crippen LogP contribution >= 0.6 is 0 Å². The Kier molecular flexibility index (Phi) is 5.24. The summed E-state index contributed by atoms with van der Waals surface area (Å²) in [6.07, 6.45) is 5.20. The van der Waals surface area contributed by atoms with Gasteiger partial charge in [-0.2, -0.15) is 0 Å². The van der Waals surface area contributed by atoms with Crippen LogP contribution in [0.3, 0.4) is 0 Å². The van der Waals surface area contributed by atoms with E-state index in [2.05, 4.69) is 11.2 Å². The molecule has 0 amide bonds. The molecule has 1 N–H and O–H groups in total. The lowest BCUT2D eigenvalue weighted by atomic mass is 10.2. The molecule has 86 valence electrons. The zero-order valence-corrected chi connectivity index (χ0v) is 9.75. The topological polar surface area (TPSA) is 30.5 Å². The molecule has 0 fully saturated rings. The van der Waals surface area contributed by atoms with E-state index in [0.717, 1.165) is 17.0 Å². The van der Waals surface area contributed by atoms with Crippen LogP contribution in [-0.4, -0.2) is 26.9 Å². The van der Waals surface area contributed by atoms with E-state index >= 15 is 0 Å². The van der Waals surface area contributed by atoms with Gasteiger partial charge in [0.2, 0.25) is 0 Å². The Bertz CT molecular complexity index is 369. The average molecular weight is 219 g/mol. The van der Waals surface area contributed by atoms with Crippen molar-refractivity contribution in [2.45, 2.75) is 6.92 Å². The second-order valence-electron chi connectivity index (χ2n) is 3.40. The number of benzene rings is 1. The maximum absolute atomic E-state index is 5.60. The number of ether oxygens (including phenoxy) is 2. The first-order chi connectivity index (χ1) is 7.77. The van der Waals surface area contributed by atoms with Gasteiger partial charge in [0.05, 0.1) is 18.8 Å². The number of hydrogen-bond donors (Lipinski definition) is 1. The van der Waals surface area contributed by atoms with Crippen LogP contribution in [-0.2, 0) is 4.74 Å². The molecule has 0 aliphatic heterocycles. The van der Waals surface area contributed by atoms with E-state index in [4.69, 9.17) is 15.9 Å². The standard InChI is InChI=1S/C13H17NO2/c1-4-7-14-12-6-5-11(2)10-13(12)16-9-8-15-3/h1,5-6,10,14H,7-9H2,2-3H3. The van der Waals surface area contributed by atoms with E-state index in [1.807, 2.05) is 25.1 Å². The number of rotatable bonds is 6. The van der Waals surface area contributed by atoms with Gasteiger partial charge in [-0.05, 0) is 24.6 Å². The van der Waals surface area contributed by atoms with Crippen LogP contribution in [0.25, 0.3) is 0 Å². The summed E-state index contributed by atoms with van der Waals surface area (Å²) in [4.78, 5) is 0. The molecular weight excluding hydrogens is 202 g/mol. The average Bonchev–Trinajstić information content (AvgIpc) is 2.28. The second kappa shape index (κ2) is 6.76. The van der Waals surface area contributed by atoms with Crippen molar-refractivity contribution in [1.82, 2.24) is 0 Å². The summed E-state index contributed by atoms with van der Waals surface area (Å²) >= 11 is 0. The Morgan fingerprint density at radius 2 is 2.19 bits per heavy atom. The first-order valence-corrected chi connectivity index (χ1v) is 5.17. The Morgan fingerprint density at radius 3 is 2.88 bits per heavy atom. The highest BCUT2D eigenvalue weighted by Gasteiger charge is 2.02. The Morgan fingerprint density at radius 1 is 1.38 bits per heavy atom. The van der Waals surface area contributed by atoms with E-state index < -0.39 is 0 Å². The molecule has 3 heteroatoms. The molecule has 0 heterocycles. The minimum Gasteiger partial charge on any atom is -0.489 e.